The molecule has 6 nitrogen and oxygen atoms in total. The van der Waals surface area contributed by atoms with Gasteiger partial charge in [0.15, 0.2) is 5.76 Å². The second-order valence-corrected chi connectivity index (χ2v) is 4.15. The van der Waals surface area contributed by atoms with E-state index in [2.05, 4.69) is 20.8 Å². The number of aromatic nitrogens is 2. The molecule has 0 aromatic carbocycles. The molecule has 0 radical (unpaired) electrons. The Bertz CT molecular complexity index is 557. The number of nitrogens with one attached hydrogen (secondary N) is 2. The second kappa shape index (κ2) is 6.19. The minimum Gasteiger partial charge on any atom is -0.369 e. The Labute approximate surface area is 115 Å². The molecule has 100 valence electrons. The zero-order valence-electron chi connectivity index (χ0n) is 10.3. The van der Waals surface area contributed by atoms with E-state index in [1.165, 1.54) is 12.4 Å². The molecule has 0 atom stereocenters. The molecule has 0 aliphatic rings. The predicted octanol–water partition coefficient (Wildman–Crippen LogP) is 2.08. The maximum atomic E-state index is 11.9. The third-order valence-corrected chi connectivity index (χ3v) is 2.65. The fraction of sp³-hybridized carbons (Fsp3) is 0.250. The molecular weight excluding hydrogens is 268 g/mol. The highest BCUT2D eigenvalue weighted by Gasteiger charge is 2.10. The maximum absolute atomic E-state index is 11.9. The van der Waals surface area contributed by atoms with Gasteiger partial charge in [-0.15, -0.1) is 0 Å². The van der Waals surface area contributed by atoms with E-state index in [0.29, 0.717) is 28.7 Å². The van der Waals surface area contributed by atoms with E-state index in [0.717, 1.165) is 0 Å². The van der Waals surface area contributed by atoms with Crippen LogP contribution in [0.25, 0.3) is 0 Å². The number of pyridine rings is 1. The standard InChI is InChI=1S/C12H13ClN4O2/c1-2-14-11-10(13)5-8(6-15-11)12(18)16-7-9-3-4-17-19-9/h3-6H,2,7H2,1H3,(H,14,15)(H,16,18). The molecule has 2 N–H and O–H groups in total. The van der Waals surface area contributed by atoms with E-state index in [9.17, 15) is 4.79 Å². The Morgan fingerprint density at radius 2 is 2.37 bits per heavy atom. The molecule has 0 saturated carbocycles. The van der Waals surface area contributed by atoms with Crippen molar-refractivity contribution in [1.29, 1.82) is 0 Å². The molecule has 19 heavy (non-hydrogen) atoms. The van der Waals surface area contributed by atoms with Crippen LogP contribution in [0.5, 0.6) is 0 Å². The molecule has 0 aliphatic carbocycles. The highest BCUT2D eigenvalue weighted by atomic mass is 35.5. The lowest BCUT2D eigenvalue weighted by atomic mass is 10.2. The van der Waals surface area contributed by atoms with E-state index < -0.39 is 0 Å². The number of carbonyl (C=O) groups is 1. The minimum atomic E-state index is -0.270. The largest absolute Gasteiger partial charge is 0.369 e. The van der Waals surface area contributed by atoms with Crippen LogP contribution in [-0.4, -0.2) is 22.6 Å². The average Bonchev–Trinajstić information content (AvgIpc) is 2.91. The van der Waals surface area contributed by atoms with Crippen molar-refractivity contribution in [2.45, 2.75) is 13.5 Å². The highest BCUT2D eigenvalue weighted by Crippen LogP contribution is 2.19. The van der Waals surface area contributed by atoms with Crippen LogP contribution in [0.4, 0.5) is 5.82 Å². The summed E-state index contributed by atoms with van der Waals surface area (Å²) in [5.74, 6) is 0.876. The molecule has 2 heterocycles. The van der Waals surface area contributed by atoms with E-state index in [1.54, 1.807) is 12.1 Å². The number of amides is 1. The van der Waals surface area contributed by atoms with Gasteiger partial charge < -0.3 is 15.2 Å². The van der Waals surface area contributed by atoms with Gasteiger partial charge in [-0.2, -0.15) is 0 Å². The summed E-state index contributed by atoms with van der Waals surface area (Å²) in [5.41, 5.74) is 0.395. The molecule has 2 rings (SSSR count). The van der Waals surface area contributed by atoms with Crippen LogP contribution >= 0.6 is 11.6 Å². The first-order valence-corrected chi connectivity index (χ1v) is 6.15. The van der Waals surface area contributed by atoms with Gasteiger partial charge in [-0.05, 0) is 13.0 Å². The Morgan fingerprint density at radius 1 is 1.53 bits per heavy atom. The number of halogens is 1. The van der Waals surface area contributed by atoms with Crippen molar-refractivity contribution in [1.82, 2.24) is 15.5 Å². The van der Waals surface area contributed by atoms with Crippen molar-refractivity contribution in [2.75, 3.05) is 11.9 Å². The first-order chi connectivity index (χ1) is 9.20. The molecule has 0 bridgehead atoms. The van der Waals surface area contributed by atoms with Crippen molar-refractivity contribution >= 4 is 23.3 Å². The van der Waals surface area contributed by atoms with Crippen molar-refractivity contribution in [3.8, 4) is 0 Å². The van der Waals surface area contributed by atoms with Gasteiger partial charge in [0.1, 0.15) is 5.82 Å². The molecule has 0 unspecified atom stereocenters. The summed E-state index contributed by atoms with van der Waals surface area (Å²) in [6.07, 6.45) is 2.99. The molecule has 0 spiro atoms. The Balaban J connectivity index is 2.01. The van der Waals surface area contributed by atoms with Crippen LogP contribution in [0.15, 0.2) is 29.0 Å². The zero-order valence-corrected chi connectivity index (χ0v) is 11.1. The lowest BCUT2D eigenvalue weighted by Crippen LogP contribution is -2.22. The number of nitrogens with zero attached hydrogens (tertiary/aromatic N) is 2. The predicted molar refractivity (Wildman–Crippen MR) is 71.1 cm³/mol. The Kier molecular flexibility index (Phi) is 4.35. The van der Waals surface area contributed by atoms with E-state index in [4.69, 9.17) is 16.1 Å². The van der Waals surface area contributed by atoms with Gasteiger partial charge in [0.25, 0.3) is 5.91 Å². The van der Waals surface area contributed by atoms with Crippen molar-refractivity contribution in [3.05, 3.63) is 40.9 Å². The lowest BCUT2D eigenvalue weighted by molar-refractivity contribution is 0.0946. The quantitative estimate of drug-likeness (QED) is 0.876. The van der Waals surface area contributed by atoms with Gasteiger partial charge in [0.2, 0.25) is 0 Å². The first kappa shape index (κ1) is 13.4. The SMILES string of the molecule is CCNc1ncc(C(=O)NCc2ccno2)cc1Cl. The summed E-state index contributed by atoms with van der Waals surface area (Å²) in [7, 11) is 0. The Morgan fingerprint density at radius 3 is 3.00 bits per heavy atom. The summed E-state index contributed by atoms with van der Waals surface area (Å²) < 4.78 is 4.88. The number of hydrogen-bond donors (Lipinski definition) is 2. The minimum absolute atomic E-state index is 0.269. The lowest BCUT2D eigenvalue weighted by Gasteiger charge is -2.07. The fourth-order valence-electron chi connectivity index (χ4n) is 1.46. The number of hydrogen-bond acceptors (Lipinski definition) is 5. The molecule has 0 aliphatic heterocycles. The van der Waals surface area contributed by atoms with Crippen LogP contribution in [0.3, 0.4) is 0 Å². The molecule has 2 aromatic heterocycles. The number of rotatable bonds is 5. The van der Waals surface area contributed by atoms with Crippen molar-refractivity contribution < 1.29 is 9.32 Å². The van der Waals surface area contributed by atoms with E-state index in [1.807, 2.05) is 6.92 Å². The summed E-state index contributed by atoms with van der Waals surface area (Å²) in [6, 6.07) is 3.25. The van der Waals surface area contributed by atoms with Crippen LogP contribution in [0.1, 0.15) is 23.0 Å². The third-order valence-electron chi connectivity index (χ3n) is 2.36. The highest BCUT2D eigenvalue weighted by molar-refractivity contribution is 6.33. The number of carbonyl (C=O) groups excluding carboxylic acids is 1. The monoisotopic (exact) mass is 280 g/mol. The topological polar surface area (TPSA) is 80.0 Å². The van der Waals surface area contributed by atoms with Gasteiger partial charge in [0.05, 0.1) is 23.3 Å². The Hall–Kier alpha value is -2.08. The smallest absolute Gasteiger partial charge is 0.253 e. The first-order valence-electron chi connectivity index (χ1n) is 5.78. The van der Waals surface area contributed by atoms with Crippen LogP contribution < -0.4 is 10.6 Å². The van der Waals surface area contributed by atoms with Crippen LogP contribution in [0.2, 0.25) is 5.02 Å². The molecular formula is C12H13ClN4O2. The van der Waals surface area contributed by atoms with Crippen molar-refractivity contribution in [3.63, 3.8) is 0 Å². The molecule has 0 fully saturated rings. The average molecular weight is 281 g/mol. The van der Waals surface area contributed by atoms with Crippen molar-refractivity contribution in [2.24, 2.45) is 0 Å². The maximum Gasteiger partial charge on any atom is 0.253 e. The number of anilines is 1. The molecule has 7 heteroatoms. The van der Waals surface area contributed by atoms with E-state index >= 15 is 0 Å². The van der Waals surface area contributed by atoms with Crippen LogP contribution in [-0.2, 0) is 6.54 Å². The second-order valence-electron chi connectivity index (χ2n) is 3.75. The normalized spacial score (nSPS) is 10.2. The summed E-state index contributed by atoms with van der Waals surface area (Å²) in [4.78, 5) is 16.0. The van der Waals surface area contributed by atoms with Gasteiger partial charge in [-0.25, -0.2) is 4.98 Å². The summed E-state index contributed by atoms with van der Waals surface area (Å²) in [6.45, 7) is 2.92. The molecule has 2 aromatic rings. The fourth-order valence-corrected chi connectivity index (χ4v) is 1.70. The molecule has 1 amide bonds. The van der Waals surface area contributed by atoms with Gasteiger partial charge >= 0.3 is 0 Å². The van der Waals surface area contributed by atoms with Gasteiger partial charge in [-0.1, -0.05) is 16.8 Å². The van der Waals surface area contributed by atoms with Gasteiger partial charge in [0, 0.05) is 18.8 Å². The summed E-state index contributed by atoms with van der Waals surface area (Å²) >= 11 is 6.02. The molecule has 0 saturated heterocycles. The van der Waals surface area contributed by atoms with Gasteiger partial charge in [-0.3, -0.25) is 4.79 Å². The zero-order chi connectivity index (χ0) is 13.7. The van der Waals surface area contributed by atoms with E-state index in [-0.39, 0.29) is 12.5 Å². The third kappa shape index (κ3) is 3.45. The summed E-state index contributed by atoms with van der Waals surface area (Å²) in [5, 5.41) is 9.65. The van der Waals surface area contributed by atoms with Crippen LogP contribution in [0, 0.1) is 0 Å².